The Hall–Kier alpha value is -1.42. The van der Waals surface area contributed by atoms with E-state index in [9.17, 15) is 4.39 Å². The molecular weight excluding hydrogens is 287 g/mol. The predicted molar refractivity (Wildman–Crippen MR) is 83.6 cm³/mol. The van der Waals surface area contributed by atoms with Crippen molar-refractivity contribution in [1.29, 1.82) is 0 Å². The summed E-state index contributed by atoms with van der Waals surface area (Å²) in [6, 6.07) is 12.9. The van der Waals surface area contributed by atoms with E-state index in [0.29, 0.717) is 5.92 Å². The average molecular weight is 305 g/mol. The minimum atomic E-state index is -0.426. The zero-order valence-electron chi connectivity index (χ0n) is 11.7. The van der Waals surface area contributed by atoms with Crippen molar-refractivity contribution >= 4 is 11.6 Å². The van der Waals surface area contributed by atoms with Crippen LogP contribution < -0.4 is 11.3 Å². The van der Waals surface area contributed by atoms with Crippen molar-refractivity contribution in [3.05, 3.63) is 70.0 Å². The molecule has 1 aliphatic carbocycles. The van der Waals surface area contributed by atoms with E-state index in [4.69, 9.17) is 17.4 Å². The van der Waals surface area contributed by atoms with Crippen LogP contribution in [0.4, 0.5) is 4.39 Å². The molecule has 0 spiro atoms. The lowest BCUT2D eigenvalue weighted by molar-refractivity contribution is 0.419. The van der Waals surface area contributed by atoms with E-state index < -0.39 is 5.82 Å². The first-order chi connectivity index (χ1) is 10.2. The summed E-state index contributed by atoms with van der Waals surface area (Å²) in [5, 5.41) is 0.123. The highest BCUT2D eigenvalue weighted by Crippen LogP contribution is 2.37. The molecule has 0 aromatic heterocycles. The van der Waals surface area contributed by atoms with Crippen molar-refractivity contribution in [2.45, 2.75) is 31.2 Å². The molecule has 0 bridgehead atoms. The van der Waals surface area contributed by atoms with Gasteiger partial charge in [0.2, 0.25) is 0 Å². The van der Waals surface area contributed by atoms with Gasteiger partial charge in [0.15, 0.2) is 0 Å². The maximum atomic E-state index is 13.7. The molecule has 4 heteroatoms. The van der Waals surface area contributed by atoms with E-state index in [2.05, 4.69) is 17.6 Å². The minimum absolute atomic E-state index is 0.123. The third kappa shape index (κ3) is 2.95. The van der Waals surface area contributed by atoms with Crippen LogP contribution in [0.15, 0.2) is 42.5 Å². The SMILES string of the molecule is NNC(c1cccc(C2CCC2)c1)c1ccc(Cl)c(F)c1. The van der Waals surface area contributed by atoms with Crippen LogP contribution in [-0.4, -0.2) is 0 Å². The monoisotopic (exact) mass is 304 g/mol. The van der Waals surface area contributed by atoms with Crippen LogP contribution in [0.25, 0.3) is 0 Å². The van der Waals surface area contributed by atoms with E-state index in [1.165, 1.54) is 30.9 Å². The number of hydrogen-bond acceptors (Lipinski definition) is 2. The normalized spacial score (nSPS) is 16.5. The number of hydrogen-bond donors (Lipinski definition) is 2. The van der Waals surface area contributed by atoms with Crippen LogP contribution in [0.1, 0.15) is 47.9 Å². The van der Waals surface area contributed by atoms with Crippen molar-refractivity contribution in [2.24, 2.45) is 5.84 Å². The smallest absolute Gasteiger partial charge is 0.142 e. The summed E-state index contributed by atoms with van der Waals surface area (Å²) in [5.74, 6) is 5.92. The van der Waals surface area contributed by atoms with E-state index in [1.54, 1.807) is 12.1 Å². The first-order valence-electron chi connectivity index (χ1n) is 7.20. The van der Waals surface area contributed by atoms with Gasteiger partial charge in [-0.05, 0) is 47.6 Å². The molecule has 21 heavy (non-hydrogen) atoms. The topological polar surface area (TPSA) is 38.0 Å². The third-order valence-electron chi connectivity index (χ3n) is 4.26. The maximum Gasteiger partial charge on any atom is 0.142 e. The van der Waals surface area contributed by atoms with E-state index >= 15 is 0 Å². The van der Waals surface area contributed by atoms with Crippen molar-refractivity contribution in [3.8, 4) is 0 Å². The van der Waals surface area contributed by atoms with Crippen molar-refractivity contribution < 1.29 is 4.39 Å². The summed E-state index contributed by atoms with van der Waals surface area (Å²) >= 11 is 5.74. The van der Waals surface area contributed by atoms with E-state index in [0.717, 1.165) is 11.1 Å². The Balaban J connectivity index is 1.93. The summed E-state index contributed by atoms with van der Waals surface area (Å²) in [5.41, 5.74) is 5.93. The summed E-state index contributed by atoms with van der Waals surface area (Å²) in [6.45, 7) is 0. The molecule has 0 aliphatic heterocycles. The lowest BCUT2D eigenvalue weighted by Gasteiger charge is -2.27. The maximum absolute atomic E-state index is 13.7. The molecule has 110 valence electrons. The molecule has 2 aromatic rings. The fourth-order valence-electron chi connectivity index (χ4n) is 2.81. The Morgan fingerprint density at radius 1 is 1.14 bits per heavy atom. The van der Waals surface area contributed by atoms with Crippen molar-refractivity contribution in [3.63, 3.8) is 0 Å². The van der Waals surface area contributed by atoms with Gasteiger partial charge in [0.05, 0.1) is 11.1 Å². The van der Waals surface area contributed by atoms with Gasteiger partial charge in [-0.2, -0.15) is 0 Å². The van der Waals surface area contributed by atoms with Crippen LogP contribution in [0.5, 0.6) is 0 Å². The number of nitrogens with one attached hydrogen (secondary N) is 1. The van der Waals surface area contributed by atoms with Crippen LogP contribution in [0, 0.1) is 5.82 Å². The Kier molecular flexibility index (Phi) is 4.24. The molecule has 2 aromatic carbocycles. The Labute approximate surface area is 129 Å². The Morgan fingerprint density at radius 2 is 1.90 bits per heavy atom. The first-order valence-corrected chi connectivity index (χ1v) is 7.58. The third-order valence-corrected chi connectivity index (χ3v) is 4.57. The van der Waals surface area contributed by atoms with Crippen LogP contribution in [0.3, 0.4) is 0 Å². The fraction of sp³-hybridized carbons (Fsp3) is 0.294. The molecule has 2 nitrogen and oxygen atoms in total. The molecule has 1 unspecified atom stereocenters. The zero-order valence-corrected chi connectivity index (χ0v) is 12.4. The number of halogens is 2. The average Bonchev–Trinajstić information content (AvgIpc) is 2.42. The molecule has 1 aliphatic rings. The Morgan fingerprint density at radius 3 is 2.52 bits per heavy atom. The Bertz CT molecular complexity index is 640. The van der Waals surface area contributed by atoms with Crippen LogP contribution in [-0.2, 0) is 0 Å². The number of benzene rings is 2. The predicted octanol–water partition coefficient (Wildman–Crippen LogP) is 4.30. The van der Waals surface area contributed by atoms with Crippen molar-refractivity contribution in [1.82, 2.24) is 5.43 Å². The molecule has 1 atom stereocenters. The molecule has 0 amide bonds. The lowest BCUT2D eigenvalue weighted by atomic mass is 9.79. The highest BCUT2D eigenvalue weighted by atomic mass is 35.5. The molecule has 0 heterocycles. The van der Waals surface area contributed by atoms with Gasteiger partial charge in [-0.25, -0.2) is 9.82 Å². The second-order valence-corrected chi connectivity index (χ2v) is 5.98. The molecule has 1 fully saturated rings. The number of nitrogens with two attached hydrogens (primary N) is 1. The molecule has 1 saturated carbocycles. The first kappa shape index (κ1) is 14.5. The number of rotatable bonds is 4. The van der Waals surface area contributed by atoms with Gasteiger partial charge >= 0.3 is 0 Å². The lowest BCUT2D eigenvalue weighted by Crippen LogP contribution is -2.29. The minimum Gasteiger partial charge on any atom is -0.271 e. The summed E-state index contributed by atoms with van der Waals surface area (Å²) in [4.78, 5) is 0. The summed E-state index contributed by atoms with van der Waals surface area (Å²) in [6.07, 6.45) is 3.80. The van der Waals surface area contributed by atoms with Gasteiger partial charge in [0.1, 0.15) is 5.82 Å². The van der Waals surface area contributed by atoms with E-state index in [-0.39, 0.29) is 11.1 Å². The number of hydrazine groups is 1. The highest BCUT2D eigenvalue weighted by molar-refractivity contribution is 6.30. The second-order valence-electron chi connectivity index (χ2n) is 5.57. The largest absolute Gasteiger partial charge is 0.271 e. The summed E-state index contributed by atoms with van der Waals surface area (Å²) < 4.78 is 13.7. The van der Waals surface area contributed by atoms with Gasteiger partial charge in [-0.1, -0.05) is 48.4 Å². The zero-order chi connectivity index (χ0) is 14.8. The molecule has 3 N–H and O–H groups in total. The molecule has 0 saturated heterocycles. The molecular formula is C17H18ClFN2. The van der Waals surface area contributed by atoms with Crippen molar-refractivity contribution in [2.75, 3.05) is 0 Å². The fourth-order valence-corrected chi connectivity index (χ4v) is 2.93. The standard InChI is InChI=1S/C17H18ClFN2/c18-15-8-7-14(10-16(15)19)17(21-20)13-6-2-5-12(9-13)11-3-1-4-11/h2,5-11,17,21H,1,3-4,20H2. The van der Waals surface area contributed by atoms with Gasteiger partial charge in [-0.3, -0.25) is 5.84 Å². The van der Waals surface area contributed by atoms with Gasteiger partial charge in [0.25, 0.3) is 0 Å². The van der Waals surface area contributed by atoms with Gasteiger partial charge < -0.3 is 0 Å². The molecule has 3 rings (SSSR count). The van der Waals surface area contributed by atoms with Crippen LogP contribution >= 0.6 is 11.6 Å². The quantitative estimate of drug-likeness (QED) is 0.653. The van der Waals surface area contributed by atoms with Gasteiger partial charge in [-0.15, -0.1) is 0 Å². The van der Waals surface area contributed by atoms with Crippen LogP contribution in [0.2, 0.25) is 5.02 Å². The van der Waals surface area contributed by atoms with Gasteiger partial charge in [0, 0.05) is 0 Å². The highest BCUT2D eigenvalue weighted by Gasteiger charge is 2.21. The molecule has 0 radical (unpaired) electrons. The summed E-state index contributed by atoms with van der Waals surface area (Å²) in [7, 11) is 0. The second kappa shape index (κ2) is 6.14. The van der Waals surface area contributed by atoms with E-state index in [1.807, 2.05) is 12.1 Å².